The van der Waals surface area contributed by atoms with Crippen LogP contribution in [0.25, 0.3) is 0 Å². The fourth-order valence-electron chi connectivity index (χ4n) is 2.26. The molecule has 0 fully saturated rings. The second kappa shape index (κ2) is 11.5. The highest BCUT2D eigenvalue weighted by Crippen LogP contribution is 2.27. The Kier molecular flexibility index (Phi) is 10.9. The lowest BCUT2D eigenvalue weighted by Crippen LogP contribution is -2.41. The number of aliphatic imine (C=N–C) groups is 1. The summed E-state index contributed by atoms with van der Waals surface area (Å²) in [7, 11) is 7.38. The van der Waals surface area contributed by atoms with Crippen LogP contribution in [0.3, 0.4) is 0 Å². The quantitative estimate of drug-likeness (QED) is 0.370. The van der Waals surface area contributed by atoms with Gasteiger partial charge in [-0.3, -0.25) is 4.99 Å². The summed E-state index contributed by atoms with van der Waals surface area (Å²) in [4.78, 5) is 6.55. The highest BCUT2D eigenvalue weighted by Gasteiger charge is 2.17. The number of para-hydroxylation sites is 1. The van der Waals surface area contributed by atoms with E-state index in [1.54, 1.807) is 14.2 Å². The summed E-state index contributed by atoms with van der Waals surface area (Å²) in [5, 5.41) is 3.11. The molecule has 3 N–H and O–H groups in total. The number of likely N-dealkylation sites (N-methyl/N-ethyl adjacent to an activating group) is 1. The SMILES string of the molecule is COCC(C)NC(N)=NCC(c1ccccc1OC)N(C)C.I. The van der Waals surface area contributed by atoms with E-state index in [-0.39, 0.29) is 36.1 Å². The number of nitrogens with zero attached hydrogens (tertiary/aromatic N) is 2. The van der Waals surface area contributed by atoms with E-state index in [9.17, 15) is 0 Å². The first-order chi connectivity index (χ1) is 10.5. The molecule has 0 aromatic heterocycles. The summed E-state index contributed by atoms with van der Waals surface area (Å²) in [6.07, 6.45) is 0. The van der Waals surface area contributed by atoms with E-state index >= 15 is 0 Å². The van der Waals surface area contributed by atoms with Gasteiger partial charge in [-0.15, -0.1) is 24.0 Å². The molecular weight excluding hydrogens is 407 g/mol. The summed E-state index contributed by atoms with van der Waals surface area (Å²) >= 11 is 0. The van der Waals surface area contributed by atoms with Gasteiger partial charge in [-0.2, -0.15) is 0 Å². The first-order valence-corrected chi connectivity index (χ1v) is 7.34. The van der Waals surface area contributed by atoms with Crippen LogP contribution >= 0.6 is 24.0 Å². The fourth-order valence-corrected chi connectivity index (χ4v) is 2.26. The Bertz CT molecular complexity index is 483. The predicted octanol–water partition coefficient (Wildman–Crippen LogP) is 1.86. The second-order valence-electron chi connectivity index (χ2n) is 5.45. The van der Waals surface area contributed by atoms with Gasteiger partial charge >= 0.3 is 0 Å². The van der Waals surface area contributed by atoms with Crippen LogP contribution in [0.2, 0.25) is 0 Å². The van der Waals surface area contributed by atoms with E-state index in [0.717, 1.165) is 11.3 Å². The van der Waals surface area contributed by atoms with E-state index in [2.05, 4.69) is 21.3 Å². The van der Waals surface area contributed by atoms with Gasteiger partial charge in [0, 0.05) is 18.7 Å². The van der Waals surface area contributed by atoms with Crippen molar-refractivity contribution in [2.24, 2.45) is 10.7 Å². The zero-order valence-corrected chi connectivity index (χ0v) is 16.9. The van der Waals surface area contributed by atoms with Gasteiger partial charge in [0.25, 0.3) is 0 Å². The Balaban J connectivity index is 0.00000484. The smallest absolute Gasteiger partial charge is 0.188 e. The van der Waals surface area contributed by atoms with Crippen molar-refractivity contribution in [3.05, 3.63) is 29.8 Å². The number of benzene rings is 1. The van der Waals surface area contributed by atoms with Crippen LogP contribution in [0.15, 0.2) is 29.3 Å². The maximum Gasteiger partial charge on any atom is 0.188 e. The van der Waals surface area contributed by atoms with Crippen LogP contribution in [0.1, 0.15) is 18.5 Å². The minimum absolute atomic E-state index is 0. The minimum atomic E-state index is 0. The zero-order valence-electron chi connectivity index (χ0n) is 14.6. The van der Waals surface area contributed by atoms with Crippen molar-refractivity contribution in [2.45, 2.75) is 19.0 Å². The molecule has 6 nitrogen and oxygen atoms in total. The molecule has 0 spiro atoms. The van der Waals surface area contributed by atoms with Crippen LogP contribution in [0, 0.1) is 0 Å². The molecule has 0 bridgehead atoms. The van der Waals surface area contributed by atoms with Crippen molar-refractivity contribution in [2.75, 3.05) is 41.5 Å². The molecule has 0 aliphatic rings. The molecule has 1 aromatic rings. The van der Waals surface area contributed by atoms with Crippen molar-refractivity contribution < 1.29 is 9.47 Å². The Morgan fingerprint density at radius 3 is 2.52 bits per heavy atom. The van der Waals surface area contributed by atoms with Gasteiger partial charge in [0.2, 0.25) is 0 Å². The van der Waals surface area contributed by atoms with E-state index < -0.39 is 0 Å². The first kappa shape index (κ1) is 21.9. The zero-order chi connectivity index (χ0) is 16.5. The van der Waals surface area contributed by atoms with Crippen molar-refractivity contribution in [3.63, 3.8) is 0 Å². The number of halogens is 1. The highest BCUT2D eigenvalue weighted by molar-refractivity contribution is 14.0. The van der Waals surface area contributed by atoms with Gasteiger partial charge in [0.1, 0.15) is 5.75 Å². The fraction of sp³-hybridized carbons (Fsp3) is 0.562. The molecule has 0 heterocycles. The van der Waals surface area contributed by atoms with E-state index in [1.807, 2.05) is 39.2 Å². The average molecular weight is 436 g/mol. The topological polar surface area (TPSA) is 72.1 Å². The van der Waals surface area contributed by atoms with Crippen molar-refractivity contribution in [1.29, 1.82) is 0 Å². The van der Waals surface area contributed by atoms with E-state index in [1.165, 1.54) is 0 Å². The lowest BCUT2D eigenvalue weighted by molar-refractivity contribution is 0.179. The molecule has 1 rings (SSSR count). The van der Waals surface area contributed by atoms with E-state index in [4.69, 9.17) is 15.2 Å². The van der Waals surface area contributed by atoms with Gasteiger partial charge in [-0.05, 0) is 27.1 Å². The molecule has 132 valence electrons. The molecule has 0 radical (unpaired) electrons. The van der Waals surface area contributed by atoms with Crippen LogP contribution in [-0.2, 0) is 4.74 Å². The first-order valence-electron chi connectivity index (χ1n) is 7.34. The maximum absolute atomic E-state index is 5.94. The Morgan fingerprint density at radius 2 is 1.96 bits per heavy atom. The second-order valence-corrected chi connectivity index (χ2v) is 5.45. The van der Waals surface area contributed by atoms with Crippen molar-refractivity contribution >= 4 is 29.9 Å². The van der Waals surface area contributed by atoms with Crippen LogP contribution < -0.4 is 15.8 Å². The number of hydrogen-bond acceptors (Lipinski definition) is 4. The maximum atomic E-state index is 5.94. The third-order valence-corrected chi connectivity index (χ3v) is 3.37. The number of methoxy groups -OCH3 is 2. The predicted molar refractivity (Wildman–Crippen MR) is 106 cm³/mol. The van der Waals surface area contributed by atoms with Crippen LogP contribution in [0.4, 0.5) is 0 Å². The van der Waals surface area contributed by atoms with Crippen molar-refractivity contribution in [1.82, 2.24) is 10.2 Å². The van der Waals surface area contributed by atoms with E-state index in [0.29, 0.717) is 19.1 Å². The van der Waals surface area contributed by atoms with Gasteiger partial charge in [0.15, 0.2) is 5.96 Å². The molecular formula is C16H29IN4O2. The standard InChI is InChI=1S/C16H28N4O2.HI/c1-12(11-21-4)19-16(17)18-10-14(20(2)3)13-8-6-7-9-15(13)22-5;/h6-9,12,14H,10-11H2,1-5H3,(H3,17,18,19);1H. The monoisotopic (exact) mass is 436 g/mol. The summed E-state index contributed by atoms with van der Waals surface area (Å²) in [5.74, 6) is 1.28. The lowest BCUT2D eigenvalue weighted by Gasteiger charge is -2.25. The molecule has 0 aliphatic carbocycles. The van der Waals surface area contributed by atoms with Gasteiger partial charge in [-0.1, -0.05) is 18.2 Å². The largest absolute Gasteiger partial charge is 0.496 e. The number of guanidine groups is 1. The van der Waals surface area contributed by atoms with Gasteiger partial charge in [-0.25, -0.2) is 0 Å². The average Bonchev–Trinajstić information content (AvgIpc) is 2.47. The Morgan fingerprint density at radius 1 is 1.30 bits per heavy atom. The lowest BCUT2D eigenvalue weighted by atomic mass is 10.0. The van der Waals surface area contributed by atoms with Gasteiger partial charge < -0.3 is 25.4 Å². The summed E-state index contributed by atoms with van der Waals surface area (Å²) in [6, 6.07) is 8.18. The van der Waals surface area contributed by atoms with Crippen LogP contribution in [0.5, 0.6) is 5.75 Å². The van der Waals surface area contributed by atoms with Crippen LogP contribution in [-0.4, -0.2) is 58.4 Å². The number of rotatable bonds is 8. The molecule has 0 saturated carbocycles. The Hall–Kier alpha value is -1.06. The number of hydrogen-bond donors (Lipinski definition) is 2. The summed E-state index contributed by atoms with van der Waals surface area (Å²) in [6.45, 7) is 3.13. The molecule has 7 heteroatoms. The number of ether oxygens (including phenoxy) is 2. The molecule has 0 amide bonds. The summed E-state index contributed by atoms with van der Waals surface area (Å²) in [5.41, 5.74) is 7.03. The number of nitrogens with two attached hydrogens (primary N) is 1. The molecule has 2 unspecified atom stereocenters. The normalized spacial score (nSPS) is 14.1. The van der Waals surface area contributed by atoms with Gasteiger partial charge in [0.05, 0.1) is 26.3 Å². The molecule has 0 saturated heterocycles. The van der Waals surface area contributed by atoms with Crippen molar-refractivity contribution in [3.8, 4) is 5.75 Å². The minimum Gasteiger partial charge on any atom is -0.496 e. The third kappa shape index (κ3) is 7.36. The molecule has 0 aliphatic heterocycles. The molecule has 23 heavy (non-hydrogen) atoms. The summed E-state index contributed by atoms with van der Waals surface area (Å²) < 4.78 is 10.5. The highest BCUT2D eigenvalue weighted by atomic mass is 127. The molecule has 1 aromatic carbocycles. The Labute approximate surface area is 156 Å². The third-order valence-electron chi connectivity index (χ3n) is 3.37. The number of nitrogens with one attached hydrogen (secondary N) is 1. The molecule has 2 atom stereocenters.